The van der Waals surface area contributed by atoms with Crippen LogP contribution >= 0.6 is 11.6 Å². The molecule has 3 N–H and O–H groups in total. The highest BCUT2D eigenvalue weighted by atomic mass is 35.5. The fourth-order valence-electron chi connectivity index (χ4n) is 3.01. The highest BCUT2D eigenvalue weighted by Crippen LogP contribution is 2.48. The van der Waals surface area contributed by atoms with E-state index in [-0.39, 0.29) is 17.2 Å². The second kappa shape index (κ2) is 6.41. The van der Waals surface area contributed by atoms with E-state index in [1.165, 1.54) is 18.2 Å². The lowest BCUT2D eigenvalue weighted by Crippen LogP contribution is -2.46. The van der Waals surface area contributed by atoms with Crippen molar-refractivity contribution in [1.82, 2.24) is 10.9 Å². The molecular formula is C19H19ClN2O3. The Labute approximate surface area is 151 Å². The molecule has 0 aromatic heterocycles. The molecule has 0 atom stereocenters. The van der Waals surface area contributed by atoms with Crippen molar-refractivity contribution in [2.24, 2.45) is 0 Å². The lowest BCUT2D eigenvalue weighted by Gasteiger charge is -2.17. The number of halogens is 1. The van der Waals surface area contributed by atoms with Crippen LogP contribution in [0.15, 0.2) is 36.4 Å². The number of nitrogens with one attached hydrogen (secondary N) is 2. The van der Waals surface area contributed by atoms with Crippen molar-refractivity contribution < 1.29 is 14.7 Å². The molecule has 0 saturated heterocycles. The summed E-state index contributed by atoms with van der Waals surface area (Å²) in [5, 5.41) is 10.1. The highest BCUT2D eigenvalue weighted by molar-refractivity contribution is 6.31. The van der Waals surface area contributed by atoms with Gasteiger partial charge in [-0.15, -0.1) is 0 Å². The molecule has 1 aliphatic carbocycles. The Hall–Kier alpha value is -2.53. The van der Waals surface area contributed by atoms with E-state index in [0.29, 0.717) is 5.02 Å². The Bertz CT molecular complexity index is 839. The number of hydrogen-bond acceptors (Lipinski definition) is 3. The van der Waals surface area contributed by atoms with Crippen LogP contribution in [0.4, 0.5) is 0 Å². The molecule has 2 aromatic carbocycles. The van der Waals surface area contributed by atoms with E-state index in [1.54, 1.807) is 0 Å². The summed E-state index contributed by atoms with van der Waals surface area (Å²) >= 11 is 5.84. The zero-order valence-electron chi connectivity index (χ0n) is 14.0. The minimum absolute atomic E-state index is 0.00375. The number of hydrazine groups is 1. The first kappa shape index (κ1) is 17.3. The standard InChI is InChI=1S/C19H19ClN2O3/c1-11-7-12(2)9-13(8-11)19(5-6-19)18(25)22-21-17(24)15-10-14(20)3-4-16(15)23/h3-4,7-10,23H,5-6H2,1-2H3,(H,21,24)(H,22,25). The third kappa shape index (κ3) is 3.46. The van der Waals surface area contributed by atoms with Gasteiger partial charge in [-0.3, -0.25) is 20.4 Å². The summed E-state index contributed by atoms with van der Waals surface area (Å²) in [6.45, 7) is 3.99. The van der Waals surface area contributed by atoms with E-state index in [9.17, 15) is 14.7 Å². The van der Waals surface area contributed by atoms with Crippen LogP contribution < -0.4 is 10.9 Å². The Kier molecular flexibility index (Phi) is 4.43. The van der Waals surface area contributed by atoms with E-state index in [1.807, 2.05) is 26.0 Å². The van der Waals surface area contributed by atoms with E-state index in [4.69, 9.17) is 11.6 Å². The molecule has 6 heteroatoms. The molecule has 0 heterocycles. The van der Waals surface area contributed by atoms with Gasteiger partial charge in [-0.2, -0.15) is 0 Å². The maximum atomic E-state index is 12.6. The highest BCUT2D eigenvalue weighted by Gasteiger charge is 2.51. The predicted molar refractivity (Wildman–Crippen MR) is 95.6 cm³/mol. The van der Waals surface area contributed by atoms with E-state index >= 15 is 0 Å². The van der Waals surface area contributed by atoms with Gasteiger partial charge in [0.15, 0.2) is 0 Å². The number of carbonyl (C=O) groups excluding carboxylic acids is 2. The second-order valence-corrected chi connectivity index (χ2v) is 6.96. The number of phenolic OH excluding ortho intramolecular Hbond substituents is 1. The van der Waals surface area contributed by atoms with Crippen LogP contribution in [0.1, 0.15) is 39.9 Å². The maximum Gasteiger partial charge on any atom is 0.273 e. The molecule has 3 rings (SSSR count). The summed E-state index contributed by atoms with van der Waals surface area (Å²) in [5.74, 6) is -1.08. The van der Waals surface area contributed by atoms with Gasteiger partial charge >= 0.3 is 0 Å². The summed E-state index contributed by atoms with van der Waals surface area (Å²) in [5.41, 5.74) is 7.40. The van der Waals surface area contributed by atoms with Gasteiger partial charge in [0.25, 0.3) is 5.91 Å². The first-order chi connectivity index (χ1) is 11.8. The van der Waals surface area contributed by atoms with Crippen LogP contribution in [-0.2, 0) is 10.2 Å². The fraction of sp³-hybridized carbons (Fsp3) is 0.263. The van der Waals surface area contributed by atoms with Crippen LogP contribution in [0.2, 0.25) is 5.02 Å². The molecule has 2 amide bonds. The molecule has 0 spiro atoms. The summed E-state index contributed by atoms with van der Waals surface area (Å²) in [6, 6.07) is 10.2. The maximum absolute atomic E-state index is 12.6. The number of rotatable bonds is 3. The van der Waals surface area contributed by atoms with Crippen molar-refractivity contribution in [3.05, 3.63) is 63.7 Å². The van der Waals surface area contributed by atoms with Crippen molar-refractivity contribution in [1.29, 1.82) is 0 Å². The third-order valence-corrected chi connectivity index (χ3v) is 4.69. The lowest BCUT2D eigenvalue weighted by atomic mass is 9.92. The van der Waals surface area contributed by atoms with E-state index in [2.05, 4.69) is 16.9 Å². The average Bonchev–Trinajstić information content (AvgIpc) is 3.35. The molecule has 0 unspecified atom stereocenters. The van der Waals surface area contributed by atoms with Gasteiger partial charge in [0, 0.05) is 5.02 Å². The average molecular weight is 359 g/mol. The van der Waals surface area contributed by atoms with Gasteiger partial charge in [-0.25, -0.2) is 0 Å². The van der Waals surface area contributed by atoms with Crippen LogP contribution in [0.5, 0.6) is 5.75 Å². The van der Waals surface area contributed by atoms with Crippen LogP contribution in [0.25, 0.3) is 0 Å². The van der Waals surface area contributed by atoms with Gasteiger partial charge in [0.2, 0.25) is 5.91 Å². The van der Waals surface area contributed by atoms with Crippen molar-refractivity contribution in [3.63, 3.8) is 0 Å². The number of benzene rings is 2. The number of hydrogen-bond donors (Lipinski definition) is 3. The number of aromatic hydroxyl groups is 1. The van der Waals surface area contributed by atoms with E-state index < -0.39 is 11.3 Å². The molecule has 1 aliphatic rings. The molecule has 0 bridgehead atoms. The van der Waals surface area contributed by atoms with Crippen LogP contribution in [-0.4, -0.2) is 16.9 Å². The molecule has 2 aromatic rings. The number of aryl methyl sites for hydroxylation is 2. The number of amides is 2. The molecule has 5 nitrogen and oxygen atoms in total. The Morgan fingerprint density at radius 1 is 1.04 bits per heavy atom. The smallest absolute Gasteiger partial charge is 0.273 e. The fourth-order valence-corrected chi connectivity index (χ4v) is 3.19. The molecular weight excluding hydrogens is 340 g/mol. The first-order valence-electron chi connectivity index (χ1n) is 8.00. The van der Waals surface area contributed by atoms with E-state index in [0.717, 1.165) is 29.5 Å². The largest absolute Gasteiger partial charge is 0.507 e. The summed E-state index contributed by atoms with van der Waals surface area (Å²) in [4.78, 5) is 24.8. The van der Waals surface area contributed by atoms with Gasteiger partial charge in [0.05, 0.1) is 11.0 Å². The summed E-state index contributed by atoms with van der Waals surface area (Å²) < 4.78 is 0. The van der Waals surface area contributed by atoms with Crippen molar-refractivity contribution in [2.45, 2.75) is 32.1 Å². The Morgan fingerprint density at radius 2 is 1.68 bits per heavy atom. The van der Waals surface area contributed by atoms with Gasteiger partial charge in [-0.05, 0) is 50.5 Å². The van der Waals surface area contributed by atoms with Gasteiger partial charge in [-0.1, -0.05) is 40.9 Å². The zero-order valence-corrected chi connectivity index (χ0v) is 14.8. The van der Waals surface area contributed by atoms with Crippen molar-refractivity contribution in [3.8, 4) is 5.75 Å². The minimum Gasteiger partial charge on any atom is -0.507 e. The molecule has 1 fully saturated rings. The van der Waals surface area contributed by atoms with Gasteiger partial charge < -0.3 is 5.11 Å². The summed E-state index contributed by atoms with van der Waals surface area (Å²) in [7, 11) is 0. The molecule has 25 heavy (non-hydrogen) atoms. The van der Waals surface area contributed by atoms with Crippen LogP contribution in [0, 0.1) is 13.8 Å². The van der Waals surface area contributed by atoms with Gasteiger partial charge in [0.1, 0.15) is 5.75 Å². The monoisotopic (exact) mass is 358 g/mol. The summed E-state index contributed by atoms with van der Waals surface area (Å²) in [6.07, 6.45) is 1.47. The quantitative estimate of drug-likeness (QED) is 0.737. The molecule has 0 aliphatic heterocycles. The topological polar surface area (TPSA) is 78.4 Å². The minimum atomic E-state index is -0.621. The normalized spacial score (nSPS) is 14.7. The predicted octanol–water partition coefficient (Wildman–Crippen LogP) is 3.16. The molecule has 130 valence electrons. The number of phenols is 1. The Balaban J connectivity index is 1.72. The third-order valence-electron chi connectivity index (χ3n) is 4.45. The Morgan fingerprint density at radius 3 is 2.28 bits per heavy atom. The van der Waals surface area contributed by atoms with Crippen molar-refractivity contribution >= 4 is 23.4 Å². The zero-order chi connectivity index (χ0) is 18.2. The molecule has 1 saturated carbocycles. The first-order valence-corrected chi connectivity index (χ1v) is 8.38. The SMILES string of the molecule is Cc1cc(C)cc(C2(C(=O)NNC(=O)c3cc(Cl)ccc3O)CC2)c1. The van der Waals surface area contributed by atoms with Crippen LogP contribution in [0.3, 0.4) is 0 Å². The van der Waals surface area contributed by atoms with Crippen molar-refractivity contribution in [2.75, 3.05) is 0 Å². The molecule has 0 radical (unpaired) electrons. The number of carbonyl (C=O) groups is 2. The lowest BCUT2D eigenvalue weighted by molar-refractivity contribution is -0.124. The second-order valence-electron chi connectivity index (χ2n) is 6.53.